The highest BCUT2D eigenvalue weighted by Crippen LogP contribution is 2.33. The summed E-state index contributed by atoms with van der Waals surface area (Å²) in [5.41, 5.74) is 1.78. The molecule has 2 aromatic rings. The van der Waals surface area contributed by atoms with Gasteiger partial charge < -0.3 is 9.52 Å². The van der Waals surface area contributed by atoms with Gasteiger partial charge in [0.05, 0.1) is 6.10 Å². The summed E-state index contributed by atoms with van der Waals surface area (Å²) in [6, 6.07) is 7.83. The van der Waals surface area contributed by atoms with E-state index in [0.29, 0.717) is 0 Å². The van der Waals surface area contributed by atoms with Crippen LogP contribution in [-0.2, 0) is 0 Å². The smallest absolute Gasteiger partial charge is 0.134 e. The van der Waals surface area contributed by atoms with E-state index in [1.807, 2.05) is 45.0 Å². The van der Waals surface area contributed by atoms with Crippen molar-refractivity contribution in [2.24, 2.45) is 5.92 Å². The molecule has 0 amide bonds. The van der Waals surface area contributed by atoms with E-state index in [-0.39, 0.29) is 5.92 Å². The molecular formula is C13H16O2. The van der Waals surface area contributed by atoms with E-state index in [2.05, 4.69) is 0 Å². The van der Waals surface area contributed by atoms with Crippen LogP contribution in [0.2, 0.25) is 0 Å². The topological polar surface area (TPSA) is 33.4 Å². The predicted octanol–water partition coefficient (Wildman–Crippen LogP) is 3.43. The van der Waals surface area contributed by atoms with Crippen molar-refractivity contribution >= 4 is 11.0 Å². The van der Waals surface area contributed by atoms with Crippen LogP contribution in [0.1, 0.15) is 31.3 Å². The Morgan fingerprint density at radius 1 is 1.20 bits per heavy atom. The monoisotopic (exact) mass is 204 g/mol. The third-order valence-corrected chi connectivity index (χ3v) is 2.75. The van der Waals surface area contributed by atoms with Crippen molar-refractivity contribution in [2.45, 2.75) is 26.9 Å². The normalized spacial score (nSPS) is 13.7. The number of hydrogen-bond acceptors (Lipinski definition) is 2. The Kier molecular flexibility index (Phi) is 2.53. The van der Waals surface area contributed by atoms with Gasteiger partial charge in [-0.3, -0.25) is 0 Å². The molecule has 80 valence electrons. The summed E-state index contributed by atoms with van der Waals surface area (Å²) >= 11 is 0. The molecule has 2 rings (SSSR count). The first kappa shape index (κ1) is 10.2. The Balaban J connectivity index is 2.63. The molecule has 1 atom stereocenters. The average Bonchev–Trinajstić information content (AvgIpc) is 2.52. The maximum absolute atomic E-state index is 10.1. The van der Waals surface area contributed by atoms with Crippen molar-refractivity contribution in [1.82, 2.24) is 0 Å². The summed E-state index contributed by atoms with van der Waals surface area (Å²) in [5, 5.41) is 11.1. The number of aryl methyl sites for hydroxylation is 1. The molecule has 0 bridgehead atoms. The third kappa shape index (κ3) is 1.65. The predicted molar refractivity (Wildman–Crippen MR) is 60.7 cm³/mol. The Morgan fingerprint density at radius 2 is 1.87 bits per heavy atom. The molecule has 0 radical (unpaired) electrons. The molecule has 1 N–H and O–H groups in total. The summed E-state index contributed by atoms with van der Waals surface area (Å²) in [6.07, 6.45) is -0.450. The van der Waals surface area contributed by atoms with E-state index >= 15 is 0 Å². The minimum atomic E-state index is -0.450. The number of furan rings is 1. The van der Waals surface area contributed by atoms with Gasteiger partial charge in [-0.25, -0.2) is 0 Å². The van der Waals surface area contributed by atoms with Crippen molar-refractivity contribution in [2.75, 3.05) is 0 Å². The van der Waals surface area contributed by atoms with E-state index in [9.17, 15) is 5.11 Å². The molecule has 0 spiro atoms. The zero-order valence-electron chi connectivity index (χ0n) is 9.32. The van der Waals surface area contributed by atoms with Crippen LogP contribution in [0, 0.1) is 12.8 Å². The van der Waals surface area contributed by atoms with Gasteiger partial charge in [0, 0.05) is 10.9 Å². The van der Waals surface area contributed by atoms with Gasteiger partial charge in [0.15, 0.2) is 0 Å². The molecule has 0 aliphatic rings. The summed E-state index contributed by atoms with van der Waals surface area (Å²) < 4.78 is 5.61. The zero-order chi connectivity index (χ0) is 11.0. The van der Waals surface area contributed by atoms with Crippen LogP contribution in [0.25, 0.3) is 11.0 Å². The lowest BCUT2D eigenvalue weighted by atomic mass is 9.97. The molecule has 2 nitrogen and oxygen atoms in total. The lowest BCUT2D eigenvalue weighted by Gasteiger charge is -2.13. The number of fused-ring (bicyclic) bond motifs is 1. The van der Waals surface area contributed by atoms with Crippen molar-refractivity contribution in [3.8, 4) is 0 Å². The molecule has 0 aliphatic carbocycles. The van der Waals surface area contributed by atoms with Crippen LogP contribution >= 0.6 is 0 Å². The van der Waals surface area contributed by atoms with Crippen LogP contribution in [0.5, 0.6) is 0 Å². The Labute approximate surface area is 89.5 Å². The number of aliphatic hydroxyl groups is 1. The fourth-order valence-corrected chi connectivity index (χ4v) is 1.89. The first-order chi connectivity index (χ1) is 7.11. The quantitative estimate of drug-likeness (QED) is 0.813. The van der Waals surface area contributed by atoms with Gasteiger partial charge in [0.1, 0.15) is 11.3 Å². The van der Waals surface area contributed by atoms with Crippen molar-refractivity contribution in [1.29, 1.82) is 0 Å². The summed E-state index contributed by atoms with van der Waals surface area (Å²) in [4.78, 5) is 0. The van der Waals surface area contributed by atoms with Crippen LogP contribution in [-0.4, -0.2) is 5.11 Å². The molecule has 1 aromatic carbocycles. The summed E-state index contributed by atoms with van der Waals surface area (Å²) in [5.74, 6) is 1.02. The second kappa shape index (κ2) is 3.70. The molecular weight excluding hydrogens is 188 g/mol. The van der Waals surface area contributed by atoms with Crippen LogP contribution < -0.4 is 0 Å². The van der Waals surface area contributed by atoms with Crippen LogP contribution in [0.3, 0.4) is 0 Å². The first-order valence-corrected chi connectivity index (χ1v) is 5.27. The van der Waals surface area contributed by atoms with Crippen molar-refractivity contribution in [3.05, 3.63) is 35.6 Å². The number of aliphatic hydroxyl groups excluding tert-OH is 1. The zero-order valence-corrected chi connectivity index (χ0v) is 9.32. The number of hydrogen-bond donors (Lipinski definition) is 1. The lowest BCUT2D eigenvalue weighted by Crippen LogP contribution is -2.05. The maximum atomic E-state index is 10.1. The highest BCUT2D eigenvalue weighted by atomic mass is 16.3. The summed E-state index contributed by atoms with van der Waals surface area (Å²) in [6.45, 7) is 5.92. The molecule has 2 heteroatoms. The van der Waals surface area contributed by atoms with Gasteiger partial charge in [-0.1, -0.05) is 32.0 Å². The largest absolute Gasteiger partial charge is 0.461 e. The summed E-state index contributed by atoms with van der Waals surface area (Å²) in [7, 11) is 0. The van der Waals surface area contributed by atoms with Gasteiger partial charge in [0.25, 0.3) is 0 Å². The van der Waals surface area contributed by atoms with Gasteiger partial charge in [0.2, 0.25) is 0 Å². The van der Waals surface area contributed by atoms with E-state index in [0.717, 1.165) is 22.3 Å². The molecule has 0 saturated carbocycles. The highest BCUT2D eigenvalue weighted by Gasteiger charge is 2.20. The SMILES string of the molecule is Cc1oc2ccccc2c1C(O)C(C)C. The maximum Gasteiger partial charge on any atom is 0.134 e. The van der Waals surface area contributed by atoms with Gasteiger partial charge >= 0.3 is 0 Å². The molecule has 1 unspecified atom stereocenters. The lowest BCUT2D eigenvalue weighted by molar-refractivity contribution is 0.126. The second-order valence-corrected chi connectivity index (χ2v) is 4.26. The standard InChI is InChI=1S/C13H16O2/c1-8(2)13(14)12-9(3)15-11-7-5-4-6-10(11)12/h4-8,13-14H,1-3H3. The number of para-hydroxylation sites is 1. The molecule has 1 heterocycles. The van der Waals surface area contributed by atoms with Gasteiger partial charge in [-0.2, -0.15) is 0 Å². The Morgan fingerprint density at radius 3 is 2.53 bits per heavy atom. The van der Waals surface area contributed by atoms with Crippen LogP contribution in [0.15, 0.2) is 28.7 Å². The fraction of sp³-hybridized carbons (Fsp3) is 0.385. The molecule has 0 aliphatic heterocycles. The van der Waals surface area contributed by atoms with Gasteiger partial charge in [-0.05, 0) is 18.9 Å². The molecule has 1 aromatic heterocycles. The fourth-order valence-electron chi connectivity index (χ4n) is 1.89. The highest BCUT2D eigenvalue weighted by molar-refractivity contribution is 5.82. The molecule has 0 saturated heterocycles. The first-order valence-electron chi connectivity index (χ1n) is 5.27. The second-order valence-electron chi connectivity index (χ2n) is 4.26. The number of benzene rings is 1. The van der Waals surface area contributed by atoms with E-state index < -0.39 is 6.10 Å². The Hall–Kier alpha value is -1.28. The van der Waals surface area contributed by atoms with E-state index in [1.165, 1.54) is 0 Å². The molecule has 0 fully saturated rings. The van der Waals surface area contributed by atoms with E-state index in [4.69, 9.17) is 4.42 Å². The van der Waals surface area contributed by atoms with Crippen molar-refractivity contribution in [3.63, 3.8) is 0 Å². The minimum Gasteiger partial charge on any atom is -0.461 e. The Bertz CT molecular complexity index is 468. The third-order valence-electron chi connectivity index (χ3n) is 2.75. The average molecular weight is 204 g/mol. The molecule has 15 heavy (non-hydrogen) atoms. The van der Waals surface area contributed by atoms with E-state index in [1.54, 1.807) is 0 Å². The van der Waals surface area contributed by atoms with Crippen molar-refractivity contribution < 1.29 is 9.52 Å². The number of rotatable bonds is 2. The van der Waals surface area contributed by atoms with Crippen LogP contribution in [0.4, 0.5) is 0 Å². The minimum absolute atomic E-state index is 0.199. The van der Waals surface area contributed by atoms with Gasteiger partial charge in [-0.15, -0.1) is 0 Å².